The van der Waals surface area contributed by atoms with Gasteiger partial charge in [0.1, 0.15) is 0 Å². The number of para-hydroxylation sites is 1. The Morgan fingerprint density at radius 2 is 1.95 bits per heavy atom. The van der Waals surface area contributed by atoms with Crippen LogP contribution in [0, 0.1) is 0 Å². The molecule has 1 heterocycles. The zero-order valence-electron chi connectivity index (χ0n) is 13.1. The van der Waals surface area contributed by atoms with Gasteiger partial charge in [-0.3, -0.25) is 4.79 Å². The van der Waals surface area contributed by atoms with Crippen molar-refractivity contribution in [3.63, 3.8) is 0 Å². The SMILES string of the molecule is O=C(CC1(O)CCCC1)N1CCCC(Nc2ccccc2)C1. The summed E-state index contributed by atoms with van der Waals surface area (Å²) in [4.78, 5) is 14.4. The molecule has 22 heavy (non-hydrogen) atoms. The normalized spacial score (nSPS) is 24.2. The van der Waals surface area contributed by atoms with Crippen LogP contribution in [-0.2, 0) is 4.79 Å². The smallest absolute Gasteiger partial charge is 0.225 e. The molecular weight excluding hydrogens is 276 g/mol. The second-order valence-electron chi connectivity index (χ2n) is 6.80. The molecule has 1 aliphatic heterocycles. The molecule has 1 amide bonds. The van der Waals surface area contributed by atoms with Crippen LogP contribution >= 0.6 is 0 Å². The Hall–Kier alpha value is -1.55. The van der Waals surface area contributed by atoms with E-state index in [4.69, 9.17) is 0 Å². The Balaban J connectivity index is 1.54. The van der Waals surface area contributed by atoms with Gasteiger partial charge in [0, 0.05) is 24.8 Å². The Bertz CT molecular complexity index is 497. The van der Waals surface area contributed by atoms with E-state index in [1.807, 2.05) is 23.1 Å². The van der Waals surface area contributed by atoms with Crippen LogP contribution < -0.4 is 5.32 Å². The fourth-order valence-corrected chi connectivity index (χ4v) is 3.69. The lowest BCUT2D eigenvalue weighted by atomic mass is 9.96. The van der Waals surface area contributed by atoms with Crippen molar-refractivity contribution >= 4 is 11.6 Å². The van der Waals surface area contributed by atoms with E-state index in [1.54, 1.807) is 0 Å². The average Bonchev–Trinajstić information content (AvgIpc) is 2.95. The zero-order valence-corrected chi connectivity index (χ0v) is 13.1. The number of hydrogen-bond acceptors (Lipinski definition) is 3. The lowest BCUT2D eigenvalue weighted by molar-refractivity contribution is -0.137. The topological polar surface area (TPSA) is 52.6 Å². The van der Waals surface area contributed by atoms with E-state index in [0.29, 0.717) is 12.5 Å². The summed E-state index contributed by atoms with van der Waals surface area (Å²) in [7, 11) is 0. The van der Waals surface area contributed by atoms with Crippen LogP contribution in [0.25, 0.3) is 0 Å². The third-order valence-electron chi connectivity index (χ3n) is 4.93. The summed E-state index contributed by atoms with van der Waals surface area (Å²) in [5.74, 6) is 0.115. The maximum Gasteiger partial charge on any atom is 0.225 e. The van der Waals surface area contributed by atoms with Crippen molar-refractivity contribution in [2.75, 3.05) is 18.4 Å². The molecule has 1 aromatic rings. The molecule has 3 rings (SSSR count). The molecule has 2 fully saturated rings. The van der Waals surface area contributed by atoms with Gasteiger partial charge in [-0.1, -0.05) is 31.0 Å². The van der Waals surface area contributed by atoms with Crippen molar-refractivity contribution in [3.8, 4) is 0 Å². The third-order valence-corrected chi connectivity index (χ3v) is 4.93. The molecule has 0 radical (unpaired) electrons. The number of likely N-dealkylation sites (tertiary alicyclic amines) is 1. The van der Waals surface area contributed by atoms with Crippen LogP contribution in [0.2, 0.25) is 0 Å². The van der Waals surface area contributed by atoms with Gasteiger partial charge in [-0.2, -0.15) is 0 Å². The fraction of sp³-hybridized carbons (Fsp3) is 0.611. The third kappa shape index (κ3) is 3.80. The number of nitrogens with one attached hydrogen (secondary N) is 1. The van der Waals surface area contributed by atoms with Crippen molar-refractivity contribution < 1.29 is 9.90 Å². The highest BCUT2D eigenvalue weighted by molar-refractivity contribution is 5.77. The van der Waals surface area contributed by atoms with Gasteiger partial charge in [0.05, 0.1) is 12.0 Å². The zero-order chi connectivity index (χ0) is 15.4. The van der Waals surface area contributed by atoms with E-state index in [-0.39, 0.29) is 5.91 Å². The summed E-state index contributed by atoms with van der Waals surface area (Å²) in [5, 5.41) is 13.9. The molecule has 1 saturated carbocycles. The van der Waals surface area contributed by atoms with Crippen LogP contribution in [0.5, 0.6) is 0 Å². The van der Waals surface area contributed by atoms with Crippen molar-refractivity contribution in [2.45, 2.75) is 56.6 Å². The van der Waals surface area contributed by atoms with E-state index in [2.05, 4.69) is 17.4 Å². The van der Waals surface area contributed by atoms with Gasteiger partial charge in [-0.05, 0) is 37.8 Å². The second-order valence-corrected chi connectivity index (χ2v) is 6.80. The number of amides is 1. The minimum atomic E-state index is -0.739. The van der Waals surface area contributed by atoms with Crippen molar-refractivity contribution in [1.82, 2.24) is 4.90 Å². The highest BCUT2D eigenvalue weighted by Crippen LogP contribution is 2.33. The van der Waals surface area contributed by atoms with E-state index in [0.717, 1.165) is 57.3 Å². The summed E-state index contributed by atoms with van der Waals surface area (Å²) in [5.41, 5.74) is 0.368. The van der Waals surface area contributed by atoms with Gasteiger partial charge in [-0.15, -0.1) is 0 Å². The monoisotopic (exact) mass is 302 g/mol. The number of rotatable bonds is 4. The maximum absolute atomic E-state index is 12.5. The van der Waals surface area contributed by atoms with Crippen LogP contribution in [0.1, 0.15) is 44.9 Å². The number of aliphatic hydroxyl groups is 1. The van der Waals surface area contributed by atoms with Gasteiger partial charge in [-0.25, -0.2) is 0 Å². The Morgan fingerprint density at radius 3 is 2.68 bits per heavy atom. The van der Waals surface area contributed by atoms with E-state index < -0.39 is 5.60 Å². The summed E-state index contributed by atoms with van der Waals surface area (Å²) in [6.45, 7) is 1.56. The Morgan fingerprint density at radius 1 is 1.23 bits per heavy atom. The molecule has 120 valence electrons. The first kappa shape index (κ1) is 15.3. The van der Waals surface area contributed by atoms with Gasteiger partial charge in [0.25, 0.3) is 0 Å². The molecule has 1 saturated heterocycles. The van der Waals surface area contributed by atoms with Crippen molar-refractivity contribution in [3.05, 3.63) is 30.3 Å². The number of anilines is 1. The predicted octanol–water partition coefficient (Wildman–Crippen LogP) is 2.78. The molecule has 2 N–H and O–H groups in total. The largest absolute Gasteiger partial charge is 0.389 e. The molecule has 1 unspecified atom stereocenters. The number of hydrogen-bond donors (Lipinski definition) is 2. The predicted molar refractivity (Wildman–Crippen MR) is 87.7 cm³/mol. The average molecular weight is 302 g/mol. The van der Waals surface area contributed by atoms with Gasteiger partial charge >= 0.3 is 0 Å². The molecule has 4 heteroatoms. The van der Waals surface area contributed by atoms with Crippen molar-refractivity contribution in [1.29, 1.82) is 0 Å². The van der Waals surface area contributed by atoms with Crippen LogP contribution in [0.3, 0.4) is 0 Å². The lowest BCUT2D eigenvalue weighted by Gasteiger charge is -2.35. The molecule has 4 nitrogen and oxygen atoms in total. The Kier molecular flexibility index (Phi) is 4.67. The van der Waals surface area contributed by atoms with Crippen molar-refractivity contribution in [2.24, 2.45) is 0 Å². The summed E-state index contributed by atoms with van der Waals surface area (Å²) >= 11 is 0. The summed E-state index contributed by atoms with van der Waals surface area (Å²) in [6.07, 6.45) is 6.04. The van der Waals surface area contributed by atoms with Gasteiger partial charge in [0.2, 0.25) is 5.91 Å². The van der Waals surface area contributed by atoms with E-state index in [9.17, 15) is 9.90 Å². The van der Waals surface area contributed by atoms with Gasteiger partial charge < -0.3 is 15.3 Å². The van der Waals surface area contributed by atoms with Gasteiger partial charge in [0.15, 0.2) is 0 Å². The minimum Gasteiger partial charge on any atom is -0.389 e. The first-order chi connectivity index (χ1) is 10.6. The number of nitrogens with zero attached hydrogens (tertiary/aromatic N) is 1. The number of carbonyl (C=O) groups excluding carboxylic acids is 1. The number of piperidine rings is 1. The molecular formula is C18H26N2O2. The van der Waals surface area contributed by atoms with E-state index in [1.165, 1.54) is 0 Å². The van der Waals surface area contributed by atoms with Crippen LogP contribution in [-0.4, -0.2) is 40.6 Å². The summed E-state index contributed by atoms with van der Waals surface area (Å²) in [6, 6.07) is 10.5. The molecule has 2 aliphatic rings. The highest BCUT2D eigenvalue weighted by Gasteiger charge is 2.35. The highest BCUT2D eigenvalue weighted by atomic mass is 16.3. The van der Waals surface area contributed by atoms with E-state index >= 15 is 0 Å². The second kappa shape index (κ2) is 6.69. The Labute approximate surface area is 132 Å². The first-order valence-electron chi connectivity index (χ1n) is 8.46. The fourth-order valence-electron chi connectivity index (χ4n) is 3.69. The van der Waals surface area contributed by atoms with Crippen LogP contribution in [0.15, 0.2) is 30.3 Å². The minimum absolute atomic E-state index is 0.115. The van der Waals surface area contributed by atoms with Crippen LogP contribution in [0.4, 0.5) is 5.69 Å². The first-order valence-corrected chi connectivity index (χ1v) is 8.46. The molecule has 1 aliphatic carbocycles. The number of carbonyl (C=O) groups is 1. The standard InChI is InChI=1S/C18H26N2O2/c21-17(13-18(22)10-4-5-11-18)20-12-6-9-16(14-20)19-15-7-2-1-3-8-15/h1-3,7-8,16,19,22H,4-6,9-14H2. The molecule has 1 atom stereocenters. The molecule has 1 aromatic carbocycles. The number of benzene rings is 1. The summed E-state index contributed by atoms with van der Waals surface area (Å²) < 4.78 is 0. The quantitative estimate of drug-likeness (QED) is 0.899. The maximum atomic E-state index is 12.5. The molecule has 0 aromatic heterocycles. The molecule has 0 spiro atoms. The molecule has 0 bridgehead atoms. The lowest BCUT2D eigenvalue weighted by Crippen LogP contribution is -2.47.